The number of alkyl halides is 3. The van der Waals surface area contributed by atoms with Crippen LogP contribution >= 0.6 is 0 Å². The molecule has 32 heavy (non-hydrogen) atoms. The lowest BCUT2D eigenvalue weighted by Gasteiger charge is -2.10. The van der Waals surface area contributed by atoms with Crippen molar-refractivity contribution in [2.24, 2.45) is 0 Å². The van der Waals surface area contributed by atoms with Crippen molar-refractivity contribution in [2.75, 3.05) is 5.32 Å². The predicted octanol–water partition coefficient (Wildman–Crippen LogP) is 5.74. The first-order chi connectivity index (χ1) is 15.3. The van der Waals surface area contributed by atoms with Crippen LogP contribution in [0.4, 0.5) is 23.4 Å². The Labute approximate surface area is 179 Å². The van der Waals surface area contributed by atoms with Crippen LogP contribution in [0, 0.1) is 5.82 Å². The summed E-state index contributed by atoms with van der Waals surface area (Å²) in [5.41, 5.74) is 0.115. The fourth-order valence-electron chi connectivity index (χ4n) is 3.20. The van der Waals surface area contributed by atoms with E-state index in [0.29, 0.717) is 11.6 Å². The zero-order valence-electron chi connectivity index (χ0n) is 16.4. The van der Waals surface area contributed by atoms with E-state index in [0.717, 1.165) is 11.6 Å². The summed E-state index contributed by atoms with van der Waals surface area (Å²) in [4.78, 5) is 16.5. The summed E-state index contributed by atoms with van der Waals surface area (Å²) in [6.45, 7) is 0. The van der Waals surface area contributed by atoms with Crippen LogP contribution in [0.15, 0.2) is 77.6 Å². The van der Waals surface area contributed by atoms with Crippen LogP contribution in [0.3, 0.4) is 0 Å². The Morgan fingerprint density at radius 1 is 0.969 bits per heavy atom. The molecule has 0 unspecified atom stereocenters. The molecule has 9 heteroatoms. The smallest absolute Gasteiger partial charge is 0.337 e. The molecule has 0 aliphatic carbocycles. The average molecular weight is 441 g/mol. The molecule has 0 aliphatic rings. The van der Waals surface area contributed by atoms with E-state index in [-0.39, 0.29) is 29.1 Å². The Morgan fingerprint density at radius 3 is 2.38 bits per heavy atom. The van der Waals surface area contributed by atoms with Crippen molar-refractivity contribution < 1.29 is 26.9 Å². The molecular weight excluding hydrogens is 426 g/mol. The lowest BCUT2D eigenvalue weighted by molar-refractivity contribution is -0.140. The highest BCUT2D eigenvalue weighted by Crippen LogP contribution is 2.40. The first kappa shape index (κ1) is 21.2. The third kappa shape index (κ3) is 4.51. The second kappa shape index (κ2) is 8.62. The maximum Gasteiger partial charge on any atom is 0.419 e. The third-order valence-corrected chi connectivity index (χ3v) is 4.67. The molecule has 2 aromatic carbocycles. The standard InChI is InChI=1S/C23H15F4N3O2/c24-18-7-6-16(13-17(18)23(25,26)27)21-20(15-8-10-28-11-9-15)22(32-30-21)29-19(31)12-14-4-2-1-3-5-14/h1-11,13H,12H2,(H,29,31). The van der Waals surface area contributed by atoms with E-state index in [4.69, 9.17) is 4.52 Å². The molecule has 5 nitrogen and oxygen atoms in total. The van der Waals surface area contributed by atoms with Crippen LogP contribution in [0.1, 0.15) is 11.1 Å². The van der Waals surface area contributed by atoms with Crippen LogP contribution < -0.4 is 5.32 Å². The fraction of sp³-hybridized carbons (Fsp3) is 0.0870. The molecule has 0 radical (unpaired) electrons. The quantitative estimate of drug-likeness (QED) is 0.401. The molecule has 0 spiro atoms. The summed E-state index contributed by atoms with van der Waals surface area (Å²) in [5.74, 6) is -1.83. The Balaban J connectivity index is 1.75. The van der Waals surface area contributed by atoms with Gasteiger partial charge in [-0.05, 0) is 41.5 Å². The van der Waals surface area contributed by atoms with Gasteiger partial charge in [0, 0.05) is 18.0 Å². The monoisotopic (exact) mass is 441 g/mol. The average Bonchev–Trinajstić information content (AvgIpc) is 3.18. The fourth-order valence-corrected chi connectivity index (χ4v) is 3.20. The van der Waals surface area contributed by atoms with Gasteiger partial charge >= 0.3 is 6.18 Å². The molecule has 0 atom stereocenters. The van der Waals surface area contributed by atoms with Gasteiger partial charge < -0.3 is 4.52 Å². The Morgan fingerprint density at radius 2 is 1.69 bits per heavy atom. The van der Waals surface area contributed by atoms with Gasteiger partial charge in [-0.1, -0.05) is 35.5 Å². The minimum atomic E-state index is -4.88. The maximum atomic E-state index is 13.8. The zero-order chi connectivity index (χ0) is 22.7. The van der Waals surface area contributed by atoms with E-state index in [9.17, 15) is 22.4 Å². The van der Waals surface area contributed by atoms with E-state index >= 15 is 0 Å². The minimum absolute atomic E-state index is 0.0159. The van der Waals surface area contributed by atoms with E-state index < -0.39 is 23.5 Å². The van der Waals surface area contributed by atoms with E-state index in [2.05, 4.69) is 15.5 Å². The second-order valence-corrected chi connectivity index (χ2v) is 6.87. The molecular formula is C23H15F4N3O2. The molecule has 1 amide bonds. The summed E-state index contributed by atoms with van der Waals surface area (Å²) in [6, 6.07) is 14.7. The Bertz CT molecular complexity index is 1240. The second-order valence-electron chi connectivity index (χ2n) is 6.87. The van der Waals surface area contributed by atoms with Gasteiger partial charge in [0.15, 0.2) is 0 Å². The predicted molar refractivity (Wildman–Crippen MR) is 109 cm³/mol. The summed E-state index contributed by atoms with van der Waals surface area (Å²) < 4.78 is 58.7. The van der Waals surface area contributed by atoms with Crippen molar-refractivity contribution >= 4 is 11.8 Å². The highest BCUT2D eigenvalue weighted by atomic mass is 19.4. The van der Waals surface area contributed by atoms with Gasteiger partial charge in [0.25, 0.3) is 0 Å². The number of carbonyl (C=O) groups is 1. The summed E-state index contributed by atoms with van der Waals surface area (Å²) in [5, 5.41) is 6.49. The lowest BCUT2D eigenvalue weighted by atomic mass is 10.00. The number of benzene rings is 2. The highest BCUT2D eigenvalue weighted by molar-refractivity contribution is 5.97. The number of rotatable bonds is 5. The summed E-state index contributed by atoms with van der Waals surface area (Å²) in [7, 11) is 0. The van der Waals surface area contributed by atoms with Crippen molar-refractivity contribution in [3.05, 3.63) is 90.0 Å². The highest BCUT2D eigenvalue weighted by Gasteiger charge is 2.35. The number of nitrogens with zero attached hydrogens (tertiary/aromatic N) is 2. The van der Waals surface area contributed by atoms with Crippen molar-refractivity contribution in [2.45, 2.75) is 12.6 Å². The van der Waals surface area contributed by atoms with Gasteiger partial charge in [-0.15, -0.1) is 0 Å². The number of aromatic nitrogens is 2. The number of carbonyl (C=O) groups excluding carboxylic acids is 1. The molecule has 0 saturated carbocycles. The van der Waals surface area contributed by atoms with Crippen molar-refractivity contribution in [3.8, 4) is 22.4 Å². The number of hydrogen-bond donors (Lipinski definition) is 1. The van der Waals surface area contributed by atoms with E-state index in [1.807, 2.05) is 6.07 Å². The molecule has 0 saturated heterocycles. The van der Waals surface area contributed by atoms with Crippen LogP contribution in [0.5, 0.6) is 0 Å². The van der Waals surface area contributed by atoms with Gasteiger partial charge in [0.05, 0.1) is 17.5 Å². The largest absolute Gasteiger partial charge is 0.419 e. The topological polar surface area (TPSA) is 68.0 Å². The van der Waals surface area contributed by atoms with Gasteiger partial charge in [-0.3, -0.25) is 15.1 Å². The van der Waals surface area contributed by atoms with Crippen LogP contribution in [-0.2, 0) is 17.4 Å². The number of amides is 1. The SMILES string of the molecule is O=C(Cc1ccccc1)Nc1onc(-c2ccc(F)c(C(F)(F)F)c2)c1-c1ccncc1. The van der Waals surface area contributed by atoms with E-state index in [1.165, 1.54) is 18.5 Å². The summed E-state index contributed by atoms with van der Waals surface area (Å²) >= 11 is 0. The van der Waals surface area contributed by atoms with Gasteiger partial charge in [0.2, 0.25) is 11.8 Å². The first-order valence-corrected chi connectivity index (χ1v) is 9.44. The maximum absolute atomic E-state index is 13.8. The molecule has 4 aromatic rings. The lowest BCUT2D eigenvalue weighted by Crippen LogP contribution is -2.14. The van der Waals surface area contributed by atoms with Gasteiger partial charge in [-0.2, -0.15) is 13.2 Å². The zero-order valence-corrected chi connectivity index (χ0v) is 16.4. The first-order valence-electron chi connectivity index (χ1n) is 9.44. The normalized spacial score (nSPS) is 11.4. The Hall–Kier alpha value is -4.01. The molecule has 2 aromatic heterocycles. The molecule has 0 fully saturated rings. The molecule has 162 valence electrons. The van der Waals surface area contributed by atoms with Crippen LogP contribution in [0.2, 0.25) is 0 Å². The number of nitrogens with one attached hydrogen (secondary N) is 1. The van der Waals surface area contributed by atoms with Crippen LogP contribution in [0.25, 0.3) is 22.4 Å². The Kier molecular flexibility index (Phi) is 5.72. The molecule has 1 N–H and O–H groups in total. The van der Waals surface area contributed by atoms with Crippen molar-refractivity contribution in [1.82, 2.24) is 10.1 Å². The molecule has 4 rings (SSSR count). The van der Waals surface area contributed by atoms with E-state index in [1.54, 1.807) is 36.4 Å². The van der Waals surface area contributed by atoms with Crippen molar-refractivity contribution in [3.63, 3.8) is 0 Å². The number of hydrogen-bond acceptors (Lipinski definition) is 4. The number of anilines is 1. The van der Waals surface area contributed by atoms with Crippen molar-refractivity contribution in [1.29, 1.82) is 0 Å². The molecule has 2 heterocycles. The van der Waals surface area contributed by atoms with Gasteiger partial charge in [0.1, 0.15) is 11.5 Å². The number of halogens is 4. The van der Waals surface area contributed by atoms with Crippen LogP contribution in [-0.4, -0.2) is 16.0 Å². The number of pyridine rings is 1. The minimum Gasteiger partial charge on any atom is -0.337 e. The molecule has 0 bridgehead atoms. The molecule has 0 aliphatic heterocycles. The summed E-state index contributed by atoms with van der Waals surface area (Å²) in [6.07, 6.45) is -1.87. The van der Waals surface area contributed by atoms with Gasteiger partial charge in [-0.25, -0.2) is 4.39 Å². The third-order valence-electron chi connectivity index (χ3n) is 4.67.